The molecule has 1 aromatic rings. The average Bonchev–Trinajstić information content (AvgIpc) is 2.61. The minimum Gasteiger partial charge on any atom is -0.396 e. The summed E-state index contributed by atoms with van der Waals surface area (Å²) in [6.07, 6.45) is 5.01. The highest BCUT2D eigenvalue weighted by Gasteiger charge is 2.33. The van der Waals surface area contributed by atoms with Crippen LogP contribution < -0.4 is 0 Å². The topological polar surface area (TPSA) is 43.8 Å². The Morgan fingerprint density at radius 3 is 2.83 bits per heavy atom. The highest BCUT2D eigenvalue weighted by molar-refractivity contribution is 5.82. The highest BCUT2D eigenvalue weighted by Crippen LogP contribution is 2.24. The number of hydrogen-bond acceptors (Lipinski definition) is 3. The molecule has 126 valence electrons. The summed E-state index contributed by atoms with van der Waals surface area (Å²) in [7, 11) is 0. The van der Waals surface area contributed by atoms with E-state index in [1.54, 1.807) is 0 Å². The minimum atomic E-state index is -0.0809. The van der Waals surface area contributed by atoms with E-state index in [1.165, 1.54) is 17.5 Å². The summed E-state index contributed by atoms with van der Waals surface area (Å²) >= 11 is 0. The van der Waals surface area contributed by atoms with Crippen LogP contribution in [0.4, 0.5) is 0 Å². The first-order chi connectivity index (χ1) is 11.2. The molecule has 1 fully saturated rings. The van der Waals surface area contributed by atoms with Crippen LogP contribution >= 0.6 is 0 Å². The number of piperidine rings is 1. The van der Waals surface area contributed by atoms with Crippen molar-refractivity contribution in [2.24, 2.45) is 0 Å². The van der Waals surface area contributed by atoms with Gasteiger partial charge in [0.15, 0.2) is 0 Å². The van der Waals surface area contributed by atoms with Crippen molar-refractivity contribution in [1.29, 1.82) is 0 Å². The van der Waals surface area contributed by atoms with Crippen molar-refractivity contribution in [2.75, 3.05) is 19.7 Å². The number of hydrogen-bond donors (Lipinski definition) is 1. The van der Waals surface area contributed by atoms with E-state index in [9.17, 15) is 9.90 Å². The average molecular weight is 316 g/mol. The van der Waals surface area contributed by atoms with Gasteiger partial charge < -0.3 is 10.0 Å². The van der Waals surface area contributed by atoms with Gasteiger partial charge >= 0.3 is 0 Å². The molecule has 0 bridgehead atoms. The van der Waals surface area contributed by atoms with Crippen molar-refractivity contribution in [3.8, 4) is 0 Å². The largest absolute Gasteiger partial charge is 0.396 e. The summed E-state index contributed by atoms with van der Waals surface area (Å²) in [6, 6.07) is 8.69. The van der Waals surface area contributed by atoms with E-state index < -0.39 is 0 Å². The van der Waals surface area contributed by atoms with Crippen LogP contribution in [-0.2, 0) is 17.8 Å². The zero-order chi connectivity index (χ0) is 16.2. The van der Waals surface area contributed by atoms with E-state index in [-0.39, 0.29) is 24.6 Å². The van der Waals surface area contributed by atoms with Crippen LogP contribution in [0.1, 0.15) is 43.7 Å². The summed E-state index contributed by atoms with van der Waals surface area (Å²) in [6.45, 7) is 4.86. The summed E-state index contributed by atoms with van der Waals surface area (Å²) < 4.78 is 0. The number of carbonyl (C=O) groups excluding carboxylic acids is 1. The molecule has 0 aliphatic carbocycles. The molecular formula is C19H28N2O2. The molecule has 0 spiro atoms. The Morgan fingerprint density at radius 1 is 1.26 bits per heavy atom. The molecule has 2 aliphatic heterocycles. The van der Waals surface area contributed by atoms with Crippen molar-refractivity contribution in [3.63, 3.8) is 0 Å². The van der Waals surface area contributed by atoms with Gasteiger partial charge in [-0.2, -0.15) is 0 Å². The van der Waals surface area contributed by atoms with Gasteiger partial charge in [0, 0.05) is 32.3 Å². The van der Waals surface area contributed by atoms with Gasteiger partial charge in [0.25, 0.3) is 0 Å². The fraction of sp³-hybridized carbons (Fsp3) is 0.632. The molecule has 2 heterocycles. The molecule has 3 rings (SSSR count). The van der Waals surface area contributed by atoms with Gasteiger partial charge in [-0.3, -0.25) is 9.69 Å². The van der Waals surface area contributed by atoms with Crippen molar-refractivity contribution < 1.29 is 9.90 Å². The normalized spacial score (nSPS) is 23.4. The predicted octanol–water partition coefficient (Wildman–Crippen LogP) is 2.20. The molecule has 0 aromatic heterocycles. The maximum atomic E-state index is 13.0. The standard InChI is InChI=1S/C19H28N2O2/c1-15(19(23)21-11-5-4-8-18(21)10-13-22)20-12-9-16-6-2-3-7-17(16)14-20/h2-3,6-7,15,18,22H,4-5,8-14H2,1H3. The molecular weight excluding hydrogens is 288 g/mol. The Bertz CT molecular complexity index is 544. The van der Waals surface area contributed by atoms with E-state index in [4.69, 9.17) is 0 Å². The zero-order valence-electron chi connectivity index (χ0n) is 14.1. The first-order valence-electron chi connectivity index (χ1n) is 8.93. The van der Waals surface area contributed by atoms with Crippen molar-refractivity contribution in [3.05, 3.63) is 35.4 Å². The molecule has 0 saturated carbocycles. The molecule has 4 heteroatoms. The number of amides is 1. The second kappa shape index (κ2) is 7.45. The lowest BCUT2D eigenvalue weighted by atomic mass is 9.96. The number of benzene rings is 1. The first kappa shape index (κ1) is 16.5. The Morgan fingerprint density at radius 2 is 2.04 bits per heavy atom. The maximum Gasteiger partial charge on any atom is 0.239 e. The van der Waals surface area contributed by atoms with E-state index in [2.05, 4.69) is 29.2 Å². The lowest BCUT2D eigenvalue weighted by Crippen LogP contribution is -2.53. The number of likely N-dealkylation sites (tertiary alicyclic amines) is 1. The fourth-order valence-corrected chi connectivity index (χ4v) is 3.98. The summed E-state index contributed by atoms with van der Waals surface area (Å²) in [5, 5.41) is 9.27. The molecule has 4 nitrogen and oxygen atoms in total. The summed E-state index contributed by atoms with van der Waals surface area (Å²) in [5.41, 5.74) is 2.77. The Labute approximate surface area is 139 Å². The molecule has 2 aliphatic rings. The van der Waals surface area contributed by atoms with Gasteiger partial charge in [-0.05, 0) is 50.2 Å². The summed E-state index contributed by atoms with van der Waals surface area (Å²) in [4.78, 5) is 17.3. The second-order valence-corrected chi connectivity index (χ2v) is 6.86. The molecule has 1 aromatic carbocycles. The molecule has 2 unspecified atom stereocenters. The third-order valence-corrected chi connectivity index (χ3v) is 5.44. The lowest BCUT2D eigenvalue weighted by molar-refractivity contribution is -0.140. The predicted molar refractivity (Wildman–Crippen MR) is 91.1 cm³/mol. The van der Waals surface area contributed by atoms with Crippen LogP contribution in [0.5, 0.6) is 0 Å². The van der Waals surface area contributed by atoms with E-state index in [0.29, 0.717) is 6.42 Å². The van der Waals surface area contributed by atoms with Gasteiger partial charge in [0.1, 0.15) is 0 Å². The van der Waals surface area contributed by atoms with Crippen LogP contribution in [0.3, 0.4) is 0 Å². The molecule has 2 atom stereocenters. The third kappa shape index (κ3) is 3.59. The zero-order valence-corrected chi connectivity index (χ0v) is 14.1. The van der Waals surface area contributed by atoms with Gasteiger partial charge in [-0.25, -0.2) is 0 Å². The smallest absolute Gasteiger partial charge is 0.239 e. The Hall–Kier alpha value is -1.39. The molecule has 1 N–H and O–H groups in total. The molecule has 1 amide bonds. The molecule has 0 radical (unpaired) electrons. The molecule has 23 heavy (non-hydrogen) atoms. The quantitative estimate of drug-likeness (QED) is 0.926. The fourth-order valence-electron chi connectivity index (χ4n) is 3.98. The second-order valence-electron chi connectivity index (χ2n) is 6.86. The maximum absolute atomic E-state index is 13.0. The summed E-state index contributed by atoms with van der Waals surface area (Å²) in [5.74, 6) is 0.238. The Kier molecular flexibility index (Phi) is 5.34. The third-order valence-electron chi connectivity index (χ3n) is 5.44. The number of rotatable bonds is 4. The van der Waals surface area contributed by atoms with E-state index in [1.807, 2.05) is 11.8 Å². The van der Waals surface area contributed by atoms with Crippen LogP contribution in [0, 0.1) is 0 Å². The number of aliphatic hydroxyl groups excluding tert-OH is 1. The van der Waals surface area contributed by atoms with Gasteiger partial charge in [-0.1, -0.05) is 24.3 Å². The van der Waals surface area contributed by atoms with Gasteiger partial charge in [0.05, 0.1) is 6.04 Å². The first-order valence-corrected chi connectivity index (χ1v) is 8.93. The van der Waals surface area contributed by atoms with E-state index in [0.717, 1.165) is 38.9 Å². The van der Waals surface area contributed by atoms with Crippen molar-refractivity contribution in [2.45, 2.75) is 57.7 Å². The highest BCUT2D eigenvalue weighted by atomic mass is 16.3. The molecule has 1 saturated heterocycles. The van der Waals surface area contributed by atoms with Crippen molar-refractivity contribution >= 4 is 5.91 Å². The van der Waals surface area contributed by atoms with Crippen LogP contribution in [0.25, 0.3) is 0 Å². The van der Waals surface area contributed by atoms with Gasteiger partial charge in [0.2, 0.25) is 5.91 Å². The minimum absolute atomic E-state index is 0.0809. The SMILES string of the molecule is CC(C(=O)N1CCCCC1CCO)N1CCc2ccccc2C1. The van der Waals surface area contributed by atoms with E-state index >= 15 is 0 Å². The number of fused-ring (bicyclic) bond motifs is 1. The monoisotopic (exact) mass is 316 g/mol. The Balaban J connectivity index is 1.67. The number of aliphatic hydroxyl groups is 1. The van der Waals surface area contributed by atoms with Crippen LogP contribution in [-0.4, -0.2) is 52.6 Å². The van der Waals surface area contributed by atoms with Crippen LogP contribution in [0.15, 0.2) is 24.3 Å². The number of nitrogens with zero attached hydrogens (tertiary/aromatic N) is 2. The number of carbonyl (C=O) groups is 1. The van der Waals surface area contributed by atoms with Crippen molar-refractivity contribution in [1.82, 2.24) is 9.80 Å². The van der Waals surface area contributed by atoms with Crippen LogP contribution in [0.2, 0.25) is 0 Å². The van der Waals surface area contributed by atoms with Gasteiger partial charge in [-0.15, -0.1) is 0 Å². The lowest BCUT2D eigenvalue weighted by Gasteiger charge is -2.40.